The average Bonchev–Trinajstić information content (AvgIpc) is 1.86. The Hall–Kier alpha value is 0.240. The second kappa shape index (κ2) is 3.09. The summed E-state index contributed by atoms with van der Waals surface area (Å²) in [5.41, 5.74) is -0.980. The molecule has 0 spiro atoms. The van der Waals surface area contributed by atoms with E-state index in [1.807, 2.05) is 6.26 Å². The number of hydrogen-bond donors (Lipinski definition) is 1. The third kappa shape index (κ3) is 2.13. The zero-order chi connectivity index (χ0) is 7.61. The quantitative estimate of drug-likeness (QED) is 0.627. The minimum Gasteiger partial charge on any atom is -0.312 e. The normalized spacial score (nSPS) is 41.7. The van der Waals surface area contributed by atoms with E-state index in [4.69, 9.17) is 0 Å². The zero-order valence-electron chi connectivity index (χ0n) is 6.48. The minimum absolute atomic E-state index is 0.462. The second-order valence-electron chi connectivity index (χ2n) is 3.11. The summed E-state index contributed by atoms with van der Waals surface area (Å²) in [6, 6.07) is 0. The van der Waals surface area contributed by atoms with Crippen LogP contribution in [0.2, 0.25) is 0 Å². The third-order valence-electron chi connectivity index (χ3n) is 1.85. The van der Waals surface area contributed by atoms with Gasteiger partial charge in [-0.2, -0.15) is 11.8 Å². The molecule has 1 heterocycles. The van der Waals surface area contributed by atoms with E-state index in [9.17, 15) is 4.39 Å². The largest absolute Gasteiger partial charge is 0.312 e. The summed E-state index contributed by atoms with van der Waals surface area (Å²) in [4.78, 5) is 0. The Kier molecular flexibility index (Phi) is 2.58. The number of piperidine rings is 1. The maximum atomic E-state index is 13.2. The summed E-state index contributed by atoms with van der Waals surface area (Å²) in [5, 5.41) is 3.54. The summed E-state index contributed by atoms with van der Waals surface area (Å²) in [6.45, 7) is 3.15. The van der Waals surface area contributed by atoms with Gasteiger partial charge in [0, 0.05) is 18.3 Å². The van der Waals surface area contributed by atoms with Gasteiger partial charge >= 0.3 is 0 Å². The van der Waals surface area contributed by atoms with Crippen molar-refractivity contribution in [1.29, 1.82) is 0 Å². The van der Waals surface area contributed by atoms with Gasteiger partial charge in [-0.15, -0.1) is 0 Å². The summed E-state index contributed by atoms with van der Waals surface area (Å²) in [6.07, 6.45) is 2.73. The Bertz CT molecular complexity index is 116. The molecule has 1 nitrogen and oxygen atoms in total. The van der Waals surface area contributed by atoms with Gasteiger partial charge in [0.25, 0.3) is 0 Å². The van der Waals surface area contributed by atoms with E-state index in [-0.39, 0.29) is 0 Å². The molecule has 1 aliphatic heterocycles. The molecular formula is C7H14FNS. The molecule has 1 unspecified atom stereocenters. The molecule has 60 valence electrons. The fourth-order valence-corrected chi connectivity index (χ4v) is 2.08. The number of nitrogens with one attached hydrogen (secondary N) is 1. The van der Waals surface area contributed by atoms with Crippen molar-refractivity contribution in [3.05, 3.63) is 0 Å². The van der Waals surface area contributed by atoms with Gasteiger partial charge in [0.05, 0.1) is 0 Å². The fraction of sp³-hybridized carbons (Fsp3) is 1.00. The maximum Gasteiger partial charge on any atom is 0.121 e. The lowest BCUT2D eigenvalue weighted by Crippen LogP contribution is -2.45. The molecule has 0 amide bonds. The van der Waals surface area contributed by atoms with Crippen molar-refractivity contribution in [2.24, 2.45) is 0 Å². The standard InChI is InChI=1S/C7H14FNS/c1-7(8)3-6(10-2)4-9-5-7/h6,9H,3-5H2,1-2H3/t6?,7-/m0/s1. The number of hydrogen-bond acceptors (Lipinski definition) is 2. The van der Waals surface area contributed by atoms with E-state index in [2.05, 4.69) is 5.32 Å². The molecule has 1 fully saturated rings. The first-order valence-electron chi connectivity index (χ1n) is 3.56. The highest BCUT2D eigenvalue weighted by molar-refractivity contribution is 7.99. The summed E-state index contributed by atoms with van der Waals surface area (Å²) in [7, 11) is 0. The summed E-state index contributed by atoms with van der Waals surface area (Å²) < 4.78 is 13.2. The van der Waals surface area contributed by atoms with Crippen molar-refractivity contribution >= 4 is 11.8 Å². The van der Waals surface area contributed by atoms with Crippen molar-refractivity contribution in [2.45, 2.75) is 24.3 Å². The predicted molar refractivity (Wildman–Crippen MR) is 44.3 cm³/mol. The summed E-state index contributed by atoms with van der Waals surface area (Å²) in [5.74, 6) is 0. The van der Waals surface area contributed by atoms with Crippen molar-refractivity contribution in [3.8, 4) is 0 Å². The van der Waals surface area contributed by atoms with Gasteiger partial charge in [0.1, 0.15) is 5.67 Å². The van der Waals surface area contributed by atoms with E-state index >= 15 is 0 Å². The maximum absolute atomic E-state index is 13.2. The van der Waals surface area contributed by atoms with Crippen LogP contribution in [0, 0.1) is 0 Å². The van der Waals surface area contributed by atoms with Gasteiger partial charge in [-0.1, -0.05) is 0 Å². The van der Waals surface area contributed by atoms with Crippen LogP contribution in [0.4, 0.5) is 4.39 Å². The number of alkyl halides is 1. The lowest BCUT2D eigenvalue weighted by Gasteiger charge is -2.31. The molecule has 1 saturated heterocycles. The number of rotatable bonds is 1. The first-order chi connectivity index (χ1) is 4.64. The van der Waals surface area contributed by atoms with Crippen LogP contribution < -0.4 is 5.32 Å². The lowest BCUT2D eigenvalue weighted by atomic mass is 9.98. The van der Waals surface area contributed by atoms with Crippen LogP contribution in [0.1, 0.15) is 13.3 Å². The third-order valence-corrected chi connectivity index (χ3v) is 2.85. The molecule has 1 N–H and O–H groups in total. The second-order valence-corrected chi connectivity index (χ2v) is 4.24. The van der Waals surface area contributed by atoms with Crippen molar-refractivity contribution in [2.75, 3.05) is 19.3 Å². The Morgan fingerprint density at radius 1 is 1.70 bits per heavy atom. The molecule has 0 aromatic carbocycles. The molecule has 2 atom stereocenters. The van der Waals surface area contributed by atoms with Gasteiger partial charge in [0.15, 0.2) is 0 Å². The van der Waals surface area contributed by atoms with Crippen LogP contribution in [0.5, 0.6) is 0 Å². The van der Waals surface area contributed by atoms with Gasteiger partial charge < -0.3 is 5.32 Å². The highest BCUT2D eigenvalue weighted by atomic mass is 32.2. The zero-order valence-corrected chi connectivity index (χ0v) is 7.30. The highest BCUT2D eigenvalue weighted by Crippen LogP contribution is 2.25. The van der Waals surface area contributed by atoms with E-state index < -0.39 is 5.67 Å². The first-order valence-corrected chi connectivity index (χ1v) is 4.85. The van der Waals surface area contributed by atoms with E-state index in [1.165, 1.54) is 0 Å². The van der Waals surface area contributed by atoms with Gasteiger partial charge in [0.2, 0.25) is 0 Å². The Morgan fingerprint density at radius 3 is 2.80 bits per heavy atom. The average molecular weight is 163 g/mol. The number of thioether (sulfide) groups is 1. The van der Waals surface area contributed by atoms with Gasteiger partial charge in [-0.25, -0.2) is 4.39 Å². The van der Waals surface area contributed by atoms with Crippen LogP contribution in [0.3, 0.4) is 0 Å². The minimum atomic E-state index is -0.980. The number of halogens is 1. The monoisotopic (exact) mass is 163 g/mol. The molecule has 0 radical (unpaired) electrons. The SMILES string of the molecule is CSC1CNC[C@@](C)(F)C1. The van der Waals surface area contributed by atoms with Crippen LogP contribution in [-0.2, 0) is 0 Å². The smallest absolute Gasteiger partial charge is 0.121 e. The van der Waals surface area contributed by atoms with Crippen molar-refractivity contribution in [3.63, 3.8) is 0 Å². The van der Waals surface area contributed by atoms with Crippen LogP contribution in [0.25, 0.3) is 0 Å². The Labute approximate surface area is 65.8 Å². The summed E-state index contributed by atoms with van der Waals surface area (Å²) >= 11 is 1.75. The van der Waals surface area contributed by atoms with Crippen LogP contribution in [0.15, 0.2) is 0 Å². The van der Waals surface area contributed by atoms with Crippen molar-refractivity contribution < 1.29 is 4.39 Å². The fourth-order valence-electron chi connectivity index (χ4n) is 1.28. The van der Waals surface area contributed by atoms with Crippen molar-refractivity contribution in [1.82, 2.24) is 5.32 Å². The van der Waals surface area contributed by atoms with Gasteiger partial charge in [-0.3, -0.25) is 0 Å². The first kappa shape index (κ1) is 8.34. The molecule has 0 aliphatic carbocycles. The topological polar surface area (TPSA) is 12.0 Å². The molecule has 0 bridgehead atoms. The Morgan fingerprint density at radius 2 is 2.40 bits per heavy atom. The van der Waals surface area contributed by atoms with Gasteiger partial charge in [-0.05, 0) is 19.6 Å². The molecule has 3 heteroatoms. The lowest BCUT2D eigenvalue weighted by molar-refractivity contribution is 0.149. The van der Waals surface area contributed by atoms with Crippen LogP contribution in [-0.4, -0.2) is 30.3 Å². The molecule has 0 aromatic heterocycles. The molecule has 0 aromatic rings. The van der Waals surface area contributed by atoms with E-state index in [0.717, 1.165) is 6.54 Å². The molecule has 1 aliphatic rings. The van der Waals surface area contributed by atoms with E-state index in [0.29, 0.717) is 18.2 Å². The highest BCUT2D eigenvalue weighted by Gasteiger charge is 2.30. The predicted octanol–water partition coefficient (Wildman–Crippen LogP) is 1.44. The molecule has 0 saturated carbocycles. The molecule has 10 heavy (non-hydrogen) atoms. The molecule has 1 rings (SSSR count). The molecular weight excluding hydrogens is 149 g/mol. The van der Waals surface area contributed by atoms with E-state index in [1.54, 1.807) is 18.7 Å². The van der Waals surface area contributed by atoms with Crippen LogP contribution >= 0.6 is 11.8 Å². The Balaban J connectivity index is 2.40.